The Bertz CT molecular complexity index is 612. The first-order valence-electron chi connectivity index (χ1n) is 6.19. The molecule has 0 heterocycles. The van der Waals surface area contributed by atoms with E-state index in [0.29, 0.717) is 16.4 Å². The number of ketones is 2. The molecule has 0 radical (unpaired) electrons. The molecule has 102 valence electrons. The number of allylic oxidation sites excluding steroid dienone is 3. The molecule has 0 amide bonds. The molecule has 1 aliphatic carbocycles. The van der Waals surface area contributed by atoms with Crippen molar-refractivity contribution in [2.45, 2.75) is 6.92 Å². The van der Waals surface area contributed by atoms with Gasteiger partial charge in [-0.15, -0.1) is 18.3 Å². The number of hydrogen-bond donors (Lipinski definition) is 1. The molecule has 4 heteroatoms. The Kier molecular flexibility index (Phi) is 4.58. The van der Waals surface area contributed by atoms with Crippen LogP contribution in [-0.2, 0) is 9.59 Å². The molecule has 0 unspecified atom stereocenters. The van der Waals surface area contributed by atoms with Crippen LogP contribution in [0.5, 0.6) is 0 Å². The molecule has 0 spiro atoms. The smallest absolute Gasteiger partial charge is 0.203 e. The fraction of sp³-hybridized carbons (Fsp3) is 0.125. The predicted molar refractivity (Wildman–Crippen MR) is 83.6 cm³/mol. The quantitative estimate of drug-likeness (QED) is 0.666. The predicted octanol–water partition coefficient (Wildman–Crippen LogP) is 3.25. The number of anilines is 1. The fourth-order valence-electron chi connectivity index (χ4n) is 1.69. The molecule has 0 aromatic heterocycles. The lowest BCUT2D eigenvalue weighted by atomic mass is 10.1. The highest BCUT2D eigenvalue weighted by molar-refractivity contribution is 8.04. The Morgan fingerprint density at radius 1 is 1.15 bits per heavy atom. The Hall–Kier alpha value is -2.07. The molecule has 3 nitrogen and oxygen atoms in total. The van der Waals surface area contributed by atoms with Crippen LogP contribution in [0.2, 0.25) is 0 Å². The van der Waals surface area contributed by atoms with Crippen molar-refractivity contribution in [2.75, 3.05) is 11.1 Å². The van der Waals surface area contributed by atoms with Crippen molar-refractivity contribution in [3.05, 3.63) is 65.2 Å². The highest BCUT2D eigenvalue weighted by Crippen LogP contribution is 2.23. The lowest BCUT2D eigenvalue weighted by Gasteiger charge is -2.13. The van der Waals surface area contributed by atoms with E-state index in [1.807, 2.05) is 31.2 Å². The lowest BCUT2D eigenvalue weighted by molar-refractivity contribution is -0.114. The van der Waals surface area contributed by atoms with Gasteiger partial charge in [-0.2, -0.15) is 0 Å². The van der Waals surface area contributed by atoms with Crippen LogP contribution in [0.15, 0.2) is 59.7 Å². The third kappa shape index (κ3) is 3.48. The van der Waals surface area contributed by atoms with E-state index in [9.17, 15) is 9.59 Å². The maximum Gasteiger partial charge on any atom is 0.203 e. The zero-order valence-electron chi connectivity index (χ0n) is 11.2. The van der Waals surface area contributed by atoms with Crippen molar-refractivity contribution in [2.24, 2.45) is 0 Å². The van der Waals surface area contributed by atoms with E-state index in [1.54, 1.807) is 6.08 Å². The van der Waals surface area contributed by atoms with Crippen molar-refractivity contribution in [3.63, 3.8) is 0 Å². The first-order chi connectivity index (χ1) is 9.60. The van der Waals surface area contributed by atoms with E-state index < -0.39 is 0 Å². The number of aryl methyl sites for hydroxylation is 1. The van der Waals surface area contributed by atoms with E-state index in [0.717, 1.165) is 11.3 Å². The molecule has 1 N–H and O–H groups in total. The summed E-state index contributed by atoms with van der Waals surface area (Å²) in [6.07, 6.45) is 4.44. The van der Waals surface area contributed by atoms with Crippen molar-refractivity contribution in [1.29, 1.82) is 0 Å². The normalized spacial score (nSPS) is 14.7. The fourth-order valence-corrected chi connectivity index (χ4v) is 2.38. The SMILES string of the molecule is C=CCSC1=CC(=O)C(Nc2ccc(C)cc2)=CC1=O. The average Bonchev–Trinajstić information content (AvgIpc) is 2.43. The van der Waals surface area contributed by atoms with Crippen molar-refractivity contribution in [3.8, 4) is 0 Å². The molecule has 0 saturated heterocycles. The minimum Gasteiger partial charge on any atom is -0.352 e. The number of carbonyl (C=O) groups is 2. The maximum atomic E-state index is 12.0. The Morgan fingerprint density at radius 2 is 1.85 bits per heavy atom. The van der Waals surface area contributed by atoms with Gasteiger partial charge < -0.3 is 5.32 Å². The van der Waals surface area contributed by atoms with Crippen LogP contribution in [0, 0.1) is 6.92 Å². The number of thioether (sulfide) groups is 1. The van der Waals surface area contributed by atoms with Gasteiger partial charge in [-0.3, -0.25) is 9.59 Å². The van der Waals surface area contributed by atoms with Crippen LogP contribution < -0.4 is 5.32 Å². The Balaban J connectivity index is 2.11. The van der Waals surface area contributed by atoms with E-state index in [-0.39, 0.29) is 11.6 Å². The molecule has 0 fully saturated rings. The zero-order chi connectivity index (χ0) is 14.5. The van der Waals surface area contributed by atoms with Crippen molar-refractivity contribution in [1.82, 2.24) is 0 Å². The van der Waals surface area contributed by atoms with Gasteiger partial charge in [0, 0.05) is 23.6 Å². The van der Waals surface area contributed by atoms with Crippen LogP contribution >= 0.6 is 11.8 Å². The molecular weight excluding hydrogens is 270 g/mol. The van der Waals surface area contributed by atoms with Gasteiger partial charge in [-0.1, -0.05) is 23.8 Å². The number of hydrogen-bond acceptors (Lipinski definition) is 4. The van der Waals surface area contributed by atoms with E-state index in [1.165, 1.54) is 23.9 Å². The number of nitrogens with one attached hydrogen (secondary N) is 1. The lowest BCUT2D eigenvalue weighted by Crippen LogP contribution is -2.17. The van der Waals surface area contributed by atoms with E-state index >= 15 is 0 Å². The summed E-state index contributed by atoms with van der Waals surface area (Å²) < 4.78 is 0. The topological polar surface area (TPSA) is 46.2 Å². The minimum atomic E-state index is -0.184. The summed E-state index contributed by atoms with van der Waals surface area (Å²) in [5.74, 6) is 0.280. The molecule has 0 aliphatic heterocycles. The molecule has 0 saturated carbocycles. The monoisotopic (exact) mass is 285 g/mol. The molecule has 1 aromatic carbocycles. The molecule has 20 heavy (non-hydrogen) atoms. The van der Waals surface area contributed by atoms with Gasteiger partial charge in [0.15, 0.2) is 5.78 Å². The van der Waals surface area contributed by atoms with Gasteiger partial charge in [0.05, 0.1) is 10.6 Å². The largest absolute Gasteiger partial charge is 0.352 e. The summed E-state index contributed by atoms with van der Waals surface area (Å²) in [5.41, 5.74) is 2.24. The molecule has 1 aromatic rings. The second-order valence-corrected chi connectivity index (χ2v) is 5.45. The number of benzene rings is 1. The van der Waals surface area contributed by atoms with Gasteiger partial charge in [0.2, 0.25) is 5.78 Å². The third-order valence-corrected chi connectivity index (χ3v) is 3.77. The second kappa shape index (κ2) is 6.39. The highest BCUT2D eigenvalue weighted by atomic mass is 32.2. The summed E-state index contributed by atoms with van der Waals surface area (Å²) in [4.78, 5) is 24.4. The third-order valence-electron chi connectivity index (χ3n) is 2.73. The van der Waals surface area contributed by atoms with Crippen LogP contribution in [0.25, 0.3) is 0 Å². The maximum absolute atomic E-state index is 12.0. The van der Waals surface area contributed by atoms with Gasteiger partial charge in [0.1, 0.15) is 0 Å². The van der Waals surface area contributed by atoms with Gasteiger partial charge in [-0.25, -0.2) is 0 Å². The van der Waals surface area contributed by atoms with Crippen molar-refractivity contribution < 1.29 is 9.59 Å². The van der Waals surface area contributed by atoms with Crippen LogP contribution in [0.3, 0.4) is 0 Å². The standard InChI is InChI=1S/C16H15NO2S/c1-3-8-20-16-10-14(18)13(9-15(16)19)17-12-6-4-11(2)5-7-12/h3-7,9-10,17H,1,8H2,2H3. The van der Waals surface area contributed by atoms with E-state index in [4.69, 9.17) is 0 Å². The number of rotatable bonds is 5. The molecule has 2 rings (SSSR count). The van der Waals surface area contributed by atoms with Crippen LogP contribution in [0.1, 0.15) is 5.56 Å². The molecular formula is C16H15NO2S. The van der Waals surface area contributed by atoms with Gasteiger partial charge >= 0.3 is 0 Å². The second-order valence-electron chi connectivity index (χ2n) is 4.39. The molecule has 0 bridgehead atoms. The highest BCUT2D eigenvalue weighted by Gasteiger charge is 2.20. The van der Waals surface area contributed by atoms with Crippen molar-refractivity contribution >= 4 is 29.0 Å². The van der Waals surface area contributed by atoms with Crippen LogP contribution in [-0.4, -0.2) is 17.3 Å². The molecule has 0 atom stereocenters. The number of carbonyl (C=O) groups excluding carboxylic acids is 2. The first kappa shape index (κ1) is 14.3. The molecule has 1 aliphatic rings. The van der Waals surface area contributed by atoms with Gasteiger partial charge in [-0.05, 0) is 19.1 Å². The van der Waals surface area contributed by atoms with Crippen LogP contribution in [0.4, 0.5) is 5.69 Å². The Labute approximate surface area is 122 Å². The Morgan fingerprint density at radius 3 is 2.50 bits per heavy atom. The van der Waals surface area contributed by atoms with Gasteiger partial charge in [0.25, 0.3) is 0 Å². The zero-order valence-corrected chi connectivity index (χ0v) is 12.0. The average molecular weight is 285 g/mol. The summed E-state index contributed by atoms with van der Waals surface area (Å²) >= 11 is 1.32. The summed E-state index contributed by atoms with van der Waals surface area (Å²) in [5, 5.41) is 2.98. The summed E-state index contributed by atoms with van der Waals surface area (Å²) in [7, 11) is 0. The summed E-state index contributed by atoms with van der Waals surface area (Å²) in [6.45, 7) is 5.59. The minimum absolute atomic E-state index is 0.147. The van der Waals surface area contributed by atoms with E-state index in [2.05, 4.69) is 11.9 Å². The summed E-state index contributed by atoms with van der Waals surface area (Å²) in [6, 6.07) is 7.64. The first-order valence-corrected chi connectivity index (χ1v) is 7.18.